The van der Waals surface area contributed by atoms with Crippen molar-refractivity contribution in [3.63, 3.8) is 0 Å². The molecule has 0 saturated heterocycles. The van der Waals surface area contributed by atoms with Gasteiger partial charge in [-0.2, -0.15) is 0 Å². The van der Waals surface area contributed by atoms with Gasteiger partial charge in [0.2, 0.25) is 0 Å². The van der Waals surface area contributed by atoms with Crippen LogP contribution in [0.2, 0.25) is 0 Å². The molecule has 0 aromatic heterocycles. The van der Waals surface area contributed by atoms with Gasteiger partial charge in [-0.1, -0.05) is 12.1 Å². The Hall–Kier alpha value is -1.58. The van der Waals surface area contributed by atoms with E-state index < -0.39 is 0 Å². The number of para-hydroxylation sites is 2. The Morgan fingerprint density at radius 3 is 3.08 bits per heavy atom. The third kappa shape index (κ3) is 1.35. The van der Waals surface area contributed by atoms with E-state index in [9.17, 15) is 4.91 Å². The largest absolute Gasteiger partial charge is 0.487 e. The van der Waals surface area contributed by atoms with Crippen LogP contribution in [0.5, 0.6) is 5.75 Å². The molecular formula is C9H10N2O2. The van der Waals surface area contributed by atoms with Gasteiger partial charge in [-0.05, 0) is 19.1 Å². The van der Waals surface area contributed by atoms with Gasteiger partial charge in [0.15, 0.2) is 0 Å². The SMILES string of the molecule is CC1CN(N=O)c2ccccc2O1. The number of ether oxygens (including phenoxy) is 1. The summed E-state index contributed by atoms with van der Waals surface area (Å²) >= 11 is 0. The molecule has 0 aliphatic carbocycles. The smallest absolute Gasteiger partial charge is 0.145 e. The number of hydrogen-bond acceptors (Lipinski definition) is 3. The second kappa shape index (κ2) is 3.05. The van der Waals surface area contributed by atoms with Crippen LogP contribution in [0.4, 0.5) is 5.69 Å². The van der Waals surface area contributed by atoms with Crippen LogP contribution in [0.1, 0.15) is 6.92 Å². The molecule has 2 rings (SSSR count). The van der Waals surface area contributed by atoms with Crippen molar-refractivity contribution >= 4 is 5.69 Å². The Bertz CT molecular complexity index is 327. The van der Waals surface area contributed by atoms with E-state index >= 15 is 0 Å². The van der Waals surface area contributed by atoms with Crippen molar-refractivity contribution in [2.24, 2.45) is 5.29 Å². The first kappa shape index (κ1) is 8.04. The van der Waals surface area contributed by atoms with E-state index in [1.807, 2.05) is 31.2 Å². The third-order valence-electron chi connectivity index (χ3n) is 2.00. The summed E-state index contributed by atoms with van der Waals surface area (Å²) in [6.45, 7) is 2.43. The van der Waals surface area contributed by atoms with Crippen molar-refractivity contribution in [2.45, 2.75) is 13.0 Å². The minimum absolute atomic E-state index is 0.00704. The normalized spacial score (nSPS) is 20.4. The lowest BCUT2D eigenvalue weighted by Crippen LogP contribution is -2.34. The Morgan fingerprint density at radius 2 is 2.31 bits per heavy atom. The van der Waals surface area contributed by atoms with E-state index in [-0.39, 0.29) is 6.10 Å². The Kier molecular flexibility index (Phi) is 1.88. The van der Waals surface area contributed by atoms with Gasteiger partial charge in [-0.3, -0.25) is 0 Å². The summed E-state index contributed by atoms with van der Waals surface area (Å²) in [5.41, 5.74) is 0.746. The average Bonchev–Trinajstić information content (AvgIpc) is 2.16. The second-order valence-electron chi connectivity index (χ2n) is 3.06. The predicted molar refractivity (Wildman–Crippen MR) is 49.7 cm³/mol. The molecule has 1 aliphatic heterocycles. The van der Waals surface area contributed by atoms with Gasteiger partial charge < -0.3 is 4.74 Å². The molecule has 1 aromatic carbocycles. The molecule has 0 radical (unpaired) electrons. The Labute approximate surface area is 76.1 Å². The van der Waals surface area contributed by atoms with Crippen molar-refractivity contribution in [1.29, 1.82) is 0 Å². The monoisotopic (exact) mass is 178 g/mol. The first-order valence-electron chi connectivity index (χ1n) is 4.18. The fourth-order valence-electron chi connectivity index (χ4n) is 1.44. The highest BCUT2D eigenvalue weighted by atomic mass is 16.5. The number of nitroso groups, excluding NO2 is 1. The van der Waals surface area contributed by atoms with Gasteiger partial charge in [0.05, 0.1) is 11.8 Å². The maximum absolute atomic E-state index is 10.5. The van der Waals surface area contributed by atoms with E-state index in [0.29, 0.717) is 6.54 Å². The van der Waals surface area contributed by atoms with Crippen LogP contribution >= 0.6 is 0 Å². The molecule has 0 saturated carbocycles. The molecule has 0 N–H and O–H groups in total. The summed E-state index contributed by atoms with van der Waals surface area (Å²) in [5.74, 6) is 0.723. The number of fused-ring (bicyclic) bond motifs is 1. The van der Waals surface area contributed by atoms with Crippen LogP contribution in [0.25, 0.3) is 0 Å². The molecule has 1 aromatic rings. The van der Waals surface area contributed by atoms with Crippen LogP contribution < -0.4 is 9.75 Å². The lowest BCUT2D eigenvalue weighted by Gasteiger charge is -2.28. The zero-order chi connectivity index (χ0) is 9.26. The zero-order valence-electron chi connectivity index (χ0n) is 7.30. The summed E-state index contributed by atoms with van der Waals surface area (Å²) < 4.78 is 5.52. The number of nitrogens with zero attached hydrogens (tertiary/aromatic N) is 2. The highest BCUT2D eigenvalue weighted by Gasteiger charge is 2.22. The van der Waals surface area contributed by atoms with Crippen molar-refractivity contribution in [3.05, 3.63) is 29.2 Å². The summed E-state index contributed by atoms with van der Waals surface area (Å²) in [6.07, 6.45) is 0.00704. The van der Waals surface area contributed by atoms with Crippen LogP contribution in [-0.2, 0) is 0 Å². The molecule has 0 bridgehead atoms. The molecule has 13 heavy (non-hydrogen) atoms. The molecule has 1 aliphatic rings. The molecule has 1 heterocycles. The summed E-state index contributed by atoms with van der Waals surface area (Å²) in [7, 11) is 0. The van der Waals surface area contributed by atoms with Gasteiger partial charge >= 0.3 is 0 Å². The highest BCUT2D eigenvalue weighted by molar-refractivity contribution is 5.59. The van der Waals surface area contributed by atoms with Gasteiger partial charge in [0.25, 0.3) is 0 Å². The summed E-state index contributed by atoms with van der Waals surface area (Å²) in [6, 6.07) is 7.39. The van der Waals surface area contributed by atoms with Gasteiger partial charge in [0.1, 0.15) is 17.5 Å². The van der Waals surface area contributed by atoms with Crippen LogP contribution in [-0.4, -0.2) is 12.6 Å². The van der Waals surface area contributed by atoms with Gasteiger partial charge in [-0.15, -0.1) is 4.91 Å². The van der Waals surface area contributed by atoms with E-state index in [2.05, 4.69) is 5.29 Å². The quantitative estimate of drug-likeness (QED) is 0.617. The van der Waals surface area contributed by atoms with Crippen LogP contribution in [0.15, 0.2) is 29.6 Å². The maximum atomic E-state index is 10.5. The second-order valence-corrected chi connectivity index (χ2v) is 3.06. The molecule has 1 unspecified atom stereocenters. The lowest BCUT2D eigenvalue weighted by atomic mass is 10.2. The highest BCUT2D eigenvalue weighted by Crippen LogP contribution is 2.32. The molecule has 1 atom stereocenters. The van der Waals surface area contributed by atoms with Crippen molar-refractivity contribution in [2.75, 3.05) is 11.6 Å². The standard InChI is InChI=1S/C9H10N2O2/c1-7-6-11(10-12)8-4-2-3-5-9(8)13-7/h2-5,7H,6H2,1H3. The maximum Gasteiger partial charge on any atom is 0.145 e. The molecule has 0 fully saturated rings. The topological polar surface area (TPSA) is 41.9 Å². The number of rotatable bonds is 1. The van der Waals surface area contributed by atoms with Crippen molar-refractivity contribution < 1.29 is 4.74 Å². The fourth-order valence-corrected chi connectivity index (χ4v) is 1.44. The number of anilines is 1. The molecular weight excluding hydrogens is 168 g/mol. The summed E-state index contributed by atoms with van der Waals surface area (Å²) in [4.78, 5) is 10.5. The molecule has 4 heteroatoms. The van der Waals surface area contributed by atoms with Gasteiger partial charge in [-0.25, -0.2) is 5.01 Å². The molecule has 0 spiro atoms. The number of benzene rings is 1. The zero-order valence-corrected chi connectivity index (χ0v) is 7.30. The Morgan fingerprint density at radius 1 is 1.54 bits per heavy atom. The fraction of sp³-hybridized carbons (Fsp3) is 0.333. The van der Waals surface area contributed by atoms with Crippen LogP contribution in [0.3, 0.4) is 0 Å². The minimum Gasteiger partial charge on any atom is -0.487 e. The number of hydrogen-bond donors (Lipinski definition) is 0. The Balaban J connectivity index is 2.42. The van der Waals surface area contributed by atoms with Crippen LogP contribution in [0, 0.1) is 4.91 Å². The first-order chi connectivity index (χ1) is 6.31. The molecule has 4 nitrogen and oxygen atoms in total. The van der Waals surface area contributed by atoms with E-state index in [4.69, 9.17) is 4.74 Å². The first-order valence-corrected chi connectivity index (χ1v) is 4.18. The third-order valence-corrected chi connectivity index (χ3v) is 2.00. The molecule has 68 valence electrons. The van der Waals surface area contributed by atoms with E-state index in [1.165, 1.54) is 5.01 Å². The predicted octanol–water partition coefficient (Wildman–Crippen LogP) is 1.96. The van der Waals surface area contributed by atoms with Crippen molar-refractivity contribution in [1.82, 2.24) is 0 Å². The van der Waals surface area contributed by atoms with Crippen molar-refractivity contribution in [3.8, 4) is 5.75 Å². The lowest BCUT2D eigenvalue weighted by molar-refractivity contribution is 0.213. The summed E-state index contributed by atoms with van der Waals surface area (Å²) in [5, 5.41) is 4.36. The van der Waals surface area contributed by atoms with E-state index in [1.54, 1.807) is 0 Å². The molecule has 0 amide bonds. The average molecular weight is 178 g/mol. The van der Waals surface area contributed by atoms with Gasteiger partial charge in [0, 0.05) is 0 Å². The minimum atomic E-state index is 0.00704. The van der Waals surface area contributed by atoms with E-state index in [0.717, 1.165) is 11.4 Å².